The van der Waals surface area contributed by atoms with Gasteiger partial charge in [-0.1, -0.05) is 30.3 Å². The van der Waals surface area contributed by atoms with Crippen molar-refractivity contribution in [2.45, 2.75) is 12.5 Å². The molecule has 12 heteroatoms. The van der Waals surface area contributed by atoms with E-state index in [1.54, 1.807) is 24.3 Å². The number of hydrogen-bond acceptors (Lipinski definition) is 8. The van der Waals surface area contributed by atoms with Crippen LogP contribution in [0, 0.1) is 5.82 Å². The van der Waals surface area contributed by atoms with Crippen molar-refractivity contribution in [2.75, 3.05) is 25.2 Å². The smallest absolute Gasteiger partial charge is 0.252 e. The second kappa shape index (κ2) is 13.1. The summed E-state index contributed by atoms with van der Waals surface area (Å²) in [6.07, 6.45) is 1.50. The molecule has 0 bridgehead atoms. The average Bonchev–Trinajstić information content (AvgIpc) is 2.96. The summed E-state index contributed by atoms with van der Waals surface area (Å²) in [5.41, 5.74) is 6.93. The van der Waals surface area contributed by atoms with E-state index in [4.69, 9.17) is 27.4 Å². The maximum absolute atomic E-state index is 15.4. The molecule has 0 atom stereocenters. The first-order chi connectivity index (χ1) is 19.7. The van der Waals surface area contributed by atoms with E-state index in [0.29, 0.717) is 10.9 Å². The van der Waals surface area contributed by atoms with Crippen molar-refractivity contribution < 1.29 is 33.7 Å². The number of amides is 2. The maximum Gasteiger partial charge on any atom is 0.252 e. The SMILES string of the molecule is COc1cc2nccc(Oc3ccc(N(C(=S)NC(=O)Cc4ccccc4)C(CO)CO)cc3F)c2cc1C(N)=O. The topological polar surface area (TPSA) is 147 Å². The number of nitrogens with two attached hydrogens (primary N) is 1. The highest BCUT2D eigenvalue weighted by molar-refractivity contribution is 7.80. The molecule has 2 amide bonds. The minimum Gasteiger partial charge on any atom is -0.496 e. The van der Waals surface area contributed by atoms with Crippen LogP contribution in [0.4, 0.5) is 10.1 Å². The summed E-state index contributed by atoms with van der Waals surface area (Å²) >= 11 is 5.41. The molecular formula is C29H27FN4O6S. The number of anilines is 1. The van der Waals surface area contributed by atoms with Gasteiger partial charge >= 0.3 is 0 Å². The molecule has 0 aliphatic rings. The number of thiocarbonyl (C=S) groups is 1. The van der Waals surface area contributed by atoms with Crippen molar-refractivity contribution >= 4 is 45.7 Å². The second-order valence-corrected chi connectivity index (χ2v) is 9.25. The summed E-state index contributed by atoms with van der Waals surface area (Å²) in [6.45, 7) is -1.06. The van der Waals surface area contributed by atoms with Gasteiger partial charge in [0.1, 0.15) is 11.5 Å². The molecular weight excluding hydrogens is 551 g/mol. The van der Waals surface area contributed by atoms with Gasteiger partial charge in [0, 0.05) is 29.4 Å². The molecule has 0 unspecified atom stereocenters. The molecule has 0 aliphatic carbocycles. The van der Waals surface area contributed by atoms with Crippen LogP contribution in [-0.4, -0.2) is 58.5 Å². The summed E-state index contributed by atoms with van der Waals surface area (Å²) in [5.74, 6) is -1.66. The maximum atomic E-state index is 15.4. The van der Waals surface area contributed by atoms with Gasteiger partial charge in [-0.25, -0.2) is 4.39 Å². The molecule has 0 aliphatic heterocycles. The van der Waals surface area contributed by atoms with Crippen LogP contribution >= 0.6 is 12.2 Å². The third kappa shape index (κ3) is 6.74. The molecule has 5 N–H and O–H groups in total. The van der Waals surface area contributed by atoms with E-state index in [-0.39, 0.29) is 40.0 Å². The number of aliphatic hydroxyl groups is 2. The van der Waals surface area contributed by atoms with Gasteiger partial charge in [0.25, 0.3) is 5.91 Å². The number of nitrogens with one attached hydrogen (secondary N) is 1. The Morgan fingerprint density at radius 1 is 1.05 bits per heavy atom. The first-order valence-electron chi connectivity index (χ1n) is 12.4. The Hall–Kier alpha value is -4.65. The number of carbonyl (C=O) groups excluding carboxylic acids is 2. The zero-order valence-electron chi connectivity index (χ0n) is 21.9. The molecule has 212 valence electrons. The fourth-order valence-electron chi connectivity index (χ4n) is 4.16. The van der Waals surface area contributed by atoms with Crippen LogP contribution in [0.5, 0.6) is 17.2 Å². The van der Waals surface area contributed by atoms with Crippen LogP contribution in [0.2, 0.25) is 0 Å². The molecule has 1 aromatic heterocycles. The van der Waals surface area contributed by atoms with Gasteiger partial charge in [-0.05, 0) is 42.0 Å². The fourth-order valence-corrected chi connectivity index (χ4v) is 4.53. The number of primary amides is 1. The van der Waals surface area contributed by atoms with Crippen molar-refractivity contribution in [1.29, 1.82) is 0 Å². The first-order valence-corrected chi connectivity index (χ1v) is 12.8. The Morgan fingerprint density at radius 2 is 1.78 bits per heavy atom. The summed E-state index contributed by atoms with van der Waals surface area (Å²) in [7, 11) is 1.40. The fraction of sp³-hybridized carbons (Fsp3) is 0.172. The molecule has 1 heterocycles. The van der Waals surface area contributed by atoms with Crippen LogP contribution in [0.3, 0.4) is 0 Å². The molecule has 0 spiro atoms. The minimum atomic E-state index is -0.961. The van der Waals surface area contributed by atoms with Gasteiger partial charge in [0.05, 0.1) is 43.9 Å². The molecule has 0 radical (unpaired) electrons. The van der Waals surface area contributed by atoms with Crippen LogP contribution < -0.4 is 25.4 Å². The normalized spacial score (nSPS) is 10.9. The van der Waals surface area contributed by atoms with Crippen molar-refractivity contribution in [2.24, 2.45) is 5.73 Å². The van der Waals surface area contributed by atoms with Crippen molar-refractivity contribution in [3.63, 3.8) is 0 Å². The summed E-state index contributed by atoms with van der Waals surface area (Å²) in [6, 6.07) is 16.4. The lowest BCUT2D eigenvalue weighted by atomic mass is 10.1. The standard InChI is InChI=1S/C29H27FN4O6S/c1-39-26-14-23-20(13-21(26)28(31)38)24(9-10-32-23)40-25-8-7-18(12-22(25)30)34(19(15-35)16-36)29(41)33-27(37)11-17-5-3-2-4-6-17/h2-10,12-14,19,35-36H,11,15-16H2,1H3,(H2,31,38)(H,33,37,41). The first kappa shape index (κ1) is 29.3. The summed E-state index contributed by atoms with van der Waals surface area (Å²) in [4.78, 5) is 30.0. The number of rotatable bonds is 10. The number of carbonyl (C=O) groups is 2. The third-order valence-corrected chi connectivity index (χ3v) is 6.46. The van der Waals surface area contributed by atoms with Crippen LogP contribution in [-0.2, 0) is 11.2 Å². The van der Waals surface area contributed by atoms with Crippen molar-refractivity contribution in [3.05, 3.63) is 89.9 Å². The lowest BCUT2D eigenvalue weighted by Gasteiger charge is -2.31. The highest BCUT2D eigenvalue weighted by atomic mass is 32.1. The van der Waals surface area contributed by atoms with E-state index in [1.165, 1.54) is 48.5 Å². The predicted molar refractivity (Wildman–Crippen MR) is 155 cm³/mol. The monoisotopic (exact) mass is 578 g/mol. The molecule has 4 rings (SSSR count). The highest BCUT2D eigenvalue weighted by Crippen LogP contribution is 2.35. The Balaban J connectivity index is 1.61. The van der Waals surface area contributed by atoms with Crippen LogP contribution in [0.15, 0.2) is 72.9 Å². The van der Waals surface area contributed by atoms with E-state index in [0.717, 1.165) is 11.6 Å². The van der Waals surface area contributed by atoms with E-state index in [1.807, 2.05) is 6.07 Å². The van der Waals surface area contributed by atoms with Crippen LogP contribution in [0.1, 0.15) is 15.9 Å². The van der Waals surface area contributed by atoms with Crippen molar-refractivity contribution in [1.82, 2.24) is 10.3 Å². The van der Waals surface area contributed by atoms with Gasteiger partial charge < -0.3 is 35.6 Å². The minimum absolute atomic E-state index is 0.0438. The molecule has 41 heavy (non-hydrogen) atoms. The number of aromatic nitrogens is 1. The highest BCUT2D eigenvalue weighted by Gasteiger charge is 2.25. The lowest BCUT2D eigenvalue weighted by molar-refractivity contribution is -0.119. The largest absolute Gasteiger partial charge is 0.496 e. The number of ether oxygens (including phenoxy) is 2. The Morgan fingerprint density at radius 3 is 2.41 bits per heavy atom. The number of aliphatic hydroxyl groups excluding tert-OH is 2. The number of methoxy groups -OCH3 is 1. The number of fused-ring (bicyclic) bond motifs is 1. The number of halogens is 1. The van der Waals surface area contributed by atoms with E-state index in [2.05, 4.69) is 10.3 Å². The molecule has 4 aromatic rings. The second-order valence-electron chi connectivity index (χ2n) is 8.86. The number of pyridine rings is 1. The van der Waals surface area contributed by atoms with E-state index >= 15 is 4.39 Å². The Labute approximate surface area is 240 Å². The Kier molecular flexibility index (Phi) is 9.40. The van der Waals surface area contributed by atoms with Gasteiger partial charge in [0.2, 0.25) is 5.91 Å². The third-order valence-electron chi connectivity index (χ3n) is 6.16. The number of nitrogens with zero attached hydrogens (tertiary/aromatic N) is 2. The zero-order valence-corrected chi connectivity index (χ0v) is 22.7. The number of hydrogen-bond donors (Lipinski definition) is 4. The van der Waals surface area contributed by atoms with E-state index in [9.17, 15) is 19.8 Å². The van der Waals surface area contributed by atoms with Gasteiger partial charge in [-0.3, -0.25) is 14.6 Å². The van der Waals surface area contributed by atoms with Gasteiger partial charge in [-0.2, -0.15) is 0 Å². The quantitative estimate of drug-likeness (QED) is 0.209. The zero-order chi connectivity index (χ0) is 29.5. The van der Waals surface area contributed by atoms with Crippen molar-refractivity contribution in [3.8, 4) is 17.2 Å². The average molecular weight is 579 g/mol. The van der Waals surface area contributed by atoms with E-state index < -0.39 is 36.9 Å². The summed E-state index contributed by atoms with van der Waals surface area (Å²) < 4.78 is 26.5. The Bertz CT molecular complexity index is 1580. The molecule has 0 saturated carbocycles. The molecule has 10 nitrogen and oxygen atoms in total. The van der Waals surface area contributed by atoms with Gasteiger partial charge in [-0.15, -0.1) is 0 Å². The van der Waals surface area contributed by atoms with Crippen LogP contribution in [0.25, 0.3) is 10.9 Å². The summed E-state index contributed by atoms with van der Waals surface area (Å²) in [5, 5.41) is 22.6. The van der Waals surface area contributed by atoms with Gasteiger partial charge in [0.15, 0.2) is 16.7 Å². The number of benzene rings is 3. The predicted octanol–water partition coefficient (Wildman–Crippen LogP) is 3.08. The lowest BCUT2D eigenvalue weighted by Crippen LogP contribution is -2.51. The molecule has 0 saturated heterocycles. The molecule has 3 aromatic carbocycles. The molecule has 0 fully saturated rings.